The van der Waals surface area contributed by atoms with Crippen LogP contribution in [0.15, 0.2) is 12.4 Å². The van der Waals surface area contributed by atoms with Gasteiger partial charge in [-0.1, -0.05) is 11.6 Å². The molecule has 0 saturated carbocycles. The van der Waals surface area contributed by atoms with Crippen LogP contribution in [0.5, 0.6) is 0 Å². The quantitative estimate of drug-likeness (QED) is 0.783. The minimum Gasteiger partial charge on any atom is -0.363 e. The van der Waals surface area contributed by atoms with Crippen molar-refractivity contribution < 1.29 is 4.79 Å². The molecule has 0 bridgehead atoms. The number of nitrogens with zero attached hydrogens (tertiary/aromatic N) is 2. The summed E-state index contributed by atoms with van der Waals surface area (Å²) in [6.45, 7) is 0.932. The first-order valence-electron chi connectivity index (χ1n) is 5.53. The van der Waals surface area contributed by atoms with E-state index >= 15 is 0 Å². The van der Waals surface area contributed by atoms with Gasteiger partial charge in [-0.05, 0) is 0 Å². The Bertz CT molecular complexity index is 468. The van der Waals surface area contributed by atoms with Crippen molar-refractivity contribution >= 4 is 40.6 Å². The summed E-state index contributed by atoms with van der Waals surface area (Å²) in [5.74, 6) is 2.10. The molecule has 2 aliphatic rings. The molecule has 3 rings (SSSR count). The SMILES string of the molecule is O=C1CC2CSCCN2c2c(Cl)cncc2N1. The second-order valence-corrected chi connectivity index (χ2v) is 5.75. The molecular formula is C11H12ClN3OS. The molecule has 1 saturated heterocycles. The van der Waals surface area contributed by atoms with Crippen molar-refractivity contribution in [2.75, 3.05) is 28.3 Å². The molecule has 0 aliphatic carbocycles. The van der Waals surface area contributed by atoms with Gasteiger partial charge in [0.1, 0.15) is 0 Å². The average molecular weight is 270 g/mol. The van der Waals surface area contributed by atoms with Crippen LogP contribution >= 0.6 is 23.4 Å². The lowest BCUT2D eigenvalue weighted by atomic mass is 10.2. The van der Waals surface area contributed by atoms with E-state index in [1.807, 2.05) is 11.8 Å². The predicted molar refractivity (Wildman–Crippen MR) is 71.0 cm³/mol. The van der Waals surface area contributed by atoms with Crippen LogP contribution in [-0.2, 0) is 4.79 Å². The van der Waals surface area contributed by atoms with E-state index in [4.69, 9.17) is 11.6 Å². The predicted octanol–water partition coefficient (Wildman–Crippen LogP) is 2.00. The number of carbonyl (C=O) groups is 1. The maximum Gasteiger partial charge on any atom is 0.226 e. The summed E-state index contributed by atoms with van der Waals surface area (Å²) in [4.78, 5) is 18.1. The smallest absolute Gasteiger partial charge is 0.226 e. The number of hydrogen-bond donors (Lipinski definition) is 1. The van der Waals surface area contributed by atoms with E-state index in [1.54, 1.807) is 12.4 Å². The van der Waals surface area contributed by atoms with E-state index in [-0.39, 0.29) is 11.9 Å². The summed E-state index contributed by atoms with van der Waals surface area (Å²) < 4.78 is 0. The zero-order valence-electron chi connectivity index (χ0n) is 9.15. The van der Waals surface area contributed by atoms with Gasteiger partial charge in [0, 0.05) is 36.7 Å². The van der Waals surface area contributed by atoms with E-state index in [0.717, 1.165) is 29.4 Å². The van der Waals surface area contributed by atoms with E-state index < -0.39 is 0 Å². The number of halogens is 1. The topological polar surface area (TPSA) is 45.2 Å². The fourth-order valence-electron chi connectivity index (χ4n) is 2.35. The lowest BCUT2D eigenvalue weighted by Crippen LogP contribution is -2.42. The van der Waals surface area contributed by atoms with Gasteiger partial charge in [0.2, 0.25) is 5.91 Å². The minimum absolute atomic E-state index is 0.0466. The fourth-order valence-corrected chi connectivity index (χ4v) is 3.67. The van der Waals surface area contributed by atoms with Crippen LogP contribution < -0.4 is 10.2 Å². The first-order valence-corrected chi connectivity index (χ1v) is 7.06. The molecule has 0 spiro atoms. The summed E-state index contributed by atoms with van der Waals surface area (Å²) in [5.41, 5.74) is 1.66. The Kier molecular flexibility index (Phi) is 2.88. The number of anilines is 2. The third-order valence-electron chi connectivity index (χ3n) is 3.08. The van der Waals surface area contributed by atoms with Crippen molar-refractivity contribution in [2.45, 2.75) is 12.5 Å². The molecular weight excluding hydrogens is 258 g/mol. The highest BCUT2D eigenvalue weighted by Crippen LogP contribution is 2.38. The van der Waals surface area contributed by atoms with Gasteiger partial charge in [-0.25, -0.2) is 0 Å². The average Bonchev–Trinajstić information content (AvgIpc) is 2.44. The van der Waals surface area contributed by atoms with Gasteiger partial charge in [-0.15, -0.1) is 0 Å². The van der Waals surface area contributed by atoms with Crippen LogP contribution in [0.2, 0.25) is 5.02 Å². The third kappa shape index (κ3) is 1.98. The Morgan fingerprint density at radius 1 is 1.53 bits per heavy atom. The zero-order valence-corrected chi connectivity index (χ0v) is 10.7. The molecule has 1 aromatic rings. The summed E-state index contributed by atoms with van der Waals surface area (Å²) in [7, 11) is 0. The minimum atomic E-state index is 0.0466. The van der Waals surface area contributed by atoms with Crippen LogP contribution in [0.3, 0.4) is 0 Å². The van der Waals surface area contributed by atoms with Gasteiger partial charge in [-0.2, -0.15) is 11.8 Å². The first kappa shape index (κ1) is 11.2. The molecule has 1 unspecified atom stereocenters. The molecule has 1 aromatic heterocycles. The molecule has 4 nitrogen and oxygen atoms in total. The molecule has 0 aromatic carbocycles. The fraction of sp³-hybridized carbons (Fsp3) is 0.455. The number of carbonyl (C=O) groups excluding carboxylic acids is 1. The number of rotatable bonds is 0. The first-order chi connectivity index (χ1) is 8.25. The third-order valence-corrected chi connectivity index (χ3v) is 4.45. The van der Waals surface area contributed by atoms with Crippen molar-refractivity contribution in [1.82, 2.24) is 4.98 Å². The number of thioether (sulfide) groups is 1. The summed E-state index contributed by atoms with van der Waals surface area (Å²) in [5, 5.41) is 3.50. The van der Waals surface area contributed by atoms with E-state index in [2.05, 4.69) is 15.2 Å². The van der Waals surface area contributed by atoms with Gasteiger partial charge in [0.25, 0.3) is 0 Å². The second-order valence-electron chi connectivity index (χ2n) is 4.19. The number of amides is 1. The largest absolute Gasteiger partial charge is 0.363 e. The number of nitrogens with one attached hydrogen (secondary N) is 1. The van der Waals surface area contributed by atoms with E-state index in [0.29, 0.717) is 11.4 Å². The Morgan fingerprint density at radius 3 is 3.29 bits per heavy atom. The van der Waals surface area contributed by atoms with E-state index in [1.165, 1.54) is 0 Å². The van der Waals surface area contributed by atoms with Gasteiger partial charge in [0.15, 0.2) is 0 Å². The molecule has 2 aliphatic heterocycles. The van der Waals surface area contributed by atoms with Crippen LogP contribution in [0, 0.1) is 0 Å². The highest BCUT2D eigenvalue weighted by molar-refractivity contribution is 7.99. The Balaban J connectivity index is 2.10. The van der Waals surface area contributed by atoms with Gasteiger partial charge in [-0.3, -0.25) is 9.78 Å². The van der Waals surface area contributed by atoms with Gasteiger partial charge < -0.3 is 10.2 Å². The zero-order chi connectivity index (χ0) is 11.8. The van der Waals surface area contributed by atoms with Crippen molar-refractivity contribution in [3.63, 3.8) is 0 Å². The van der Waals surface area contributed by atoms with Crippen molar-refractivity contribution in [3.8, 4) is 0 Å². The summed E-state index contributed by atoms with van der Waals surface area (Å²) in [6, 6.07) is 0.245. The molecule has 6 heteroatoms. The van der Waals surface area contributed by atoms with Crippen molar-refractivity contribution in [1.29, 1.82) is 0 Å². The number of pyridine rings is 1. The summed E-state index contributed by atoms with van der Waals surface area (Å²) in [6.07, 6.45) is 3.83. The van der Waals surface area contributed by atoms with Gasteiger partial charge in [0.05, 0.1) is 22.6 Å². The normalized spacial score (nSPS) is 23.5. The summed E-state index contributed by atoms with van der Waals surface area (Å²) >= 11 is 8.11. The standard InChI is InChI=1S/C11H12ClN3OS/c12-8-4-13-5-9-11(8)15-1-2-17-6-7(15)3-10(16)14-9/h4-5,7H,1-3,6H2,(H,14,16). The molecule has 1 N–H and O–H groups in total. The Morgan fingerprint density at radius 2 is 2.41 bits per heavy atom. The molecule has 3 heterocycles. The van der Waals surface area contributed by atoms with Crippen LogP contribution in [-0.4, -0.2) is 35.0 Å². The van der Waals surface area contributed by atoms with Crippen LogP contribution in [0.25, 0.3) is 0 Å². The molecule has 17 heavy (non-hydrogen) atoms. The monoisotopic (exact) mass is 269 g/mol. The molecule has 0 radical (unpaired) electrons. The molecule has 1 fully saturated rings. The van der Waals surface area contributed by atoms with Crippen molar-refractivity contribution in [2.24, 2.45) is 0 Å². The van der Waals surface area contributed by atoms with Gasteiger partial charge >= 0.3 is 0 Å². The Labute approximate surface area is 109 Å². The lowest BCUT2D eigenvalue weighted by Gasteiger charge is -2.36. The second kappa shape index (κ2) is 4.38. The number of fused-ring (bicyclic) bond motifs is 3. The molecule has 1 atom stereocenters. The number of aromatic nitrogens is 1. The maximum absolute atomic E-state index is 11.8. The highest BCUT2D eigenvalue weighted by atomic mass is 35.5. The Hall–Kier alpha value is -0.940. The maximum atomic E-state index is 11.8. The lowest BCUT2D eigenvalue weighted by molar-refractivity contribution is -0.116. The van der Waals surface area contributed by atoms with Crippen molar-refractivity contribution in [3.05, 3.63) is 17.4 Å². The van der Waals surface area contributed by atoms with Crippen LogP contribution in [0.4, 0.5) is 11.4 Å². The molecule has 1 amide bonds. The van der Waals surface area contributed by atoms with E-state index in [9.17, 15) is 4.79 Å². The highest BCUT2D eigenvalue weighted by Gasteiger charge is 2.31. The molecule has 90 valence electrons. The number of hydrogen-bond acceptors (Lipinski definition) is 4. The van der Waals surface area contributed by atoms with Crippen LogP contribution in [0.1, 0.15) is 6.42 Å².